The fraction of sp³-hybridized carbons (Fsp3) is 0.304. The van der Waals surface area contributed by atoms with Crippen LogP contribution in [0, 0.1) is 0 Å². The van der Waals surface area contributed by atoms with Crippen molar-refractivity contribution in [2.75, 3.05) is 0 Å². The van der Waals surface area contributed by atoms with Gasteiger partial charge in [0.15, 0.2) is 6.29 Å². The summed E-state index contributed by atoms with van der Waals surface area (Å²) >= 11 is 0. The van der Waals surface area contributed by atoms with E-state index >= 15 is 0 Å². The van der Waals surface area contributed by atoms with Gasteiger partial charge < -0.3 is 4.74 Å². The molecule has 0 aliphatic heterocycles. The maximum absolute atomic E-state index is 11.3. The quantitative estimate of drug-likeness (QED) is 0.559. The summed E-state index contributed by atoms with van der Waals surface area (Å²) in [6.45, 7) is 0.546. The number of ether oxygens (including phenoxy) is 1. The van der Waals surface area contributed by atoms with Gasteiger partial charge in [-0.3, -0.25) is 4.79 Å². The third kappa shape index (κ3) is 4.11. The monoisotopic (exact) mass is 360 g/mol. The molecule has 0 amide bonds. The van der Waals surface area contributed by atoms with Crippen molar-refractivity contribution in [3.8, 4) is 11.4 Å². The Morgan fingerprint density at radius 1 is 1.00 bits per heavy atom. The van der Waals surface area contributed by atoms with Crippen molar-refractivity contribution >= 4 is 6.29 Å². The minimum absolute atomic E-state index is 0.481. The van der Waals surface area contributed by atoms with E-state index in [2.05, 4.69) is 17.2 Å². The average molecular weight is 360 g/mol. The van der Waals surface area contributed by atoms with Gasteiger partial charge in [-0.1, -0.05) is 49.6 Å². The van der Waals surface area contributed by atoms with E-state index in [0.717, 1.165) is 29.0 Å². The summed E-state index contributed by atoms with van der Waals surface area (Å²) < 4.78 is 7.80. The fourth-order valence-electron chi connectivity index (χ4n) is 3.79. The minimum Gasteiger partial charge on any atom is -0.489 e. The predicted octanol–water partition coefficient (Wildman–Crippen LogP) is 5.31. The smallest absolute Gasteiger partial charge is 0.170 e. The van der Waals surface area contributed by atoms with Crippen LogP contribution in [-0.2, 0) is 6.61 Å². The molecule has 1 aliphatic rings. The molecule has 4 rings (SSSR count). The van der Waals surface area contributed by atoms with Crippen molar-refractivity contribution < 1.29 is 9.53 Å². The number of carbonyl (C=O) groups is 1. The van der Waals surface area contributed by atoms with Crippen molar-refractivity contribution in [2.24, 2.45) is 0 Å². The van der Waals surface area contributed by atoms with E-state index in [0.29, 0.717) is 18.2 Å². The molecule has 27 heavy (non-hydrogen) atoms. The molecule has 3 aromatic rings. The van der Waals surface area contributed by atoms with E-state index in [-0.39, 0.29) is 0 Å². The Morgan fingerprint density at radius 3 is 2.44 bits per heavy atom. The molecule has 1 aromatic heterocycles. The molecule has 0 N–H and O–H groups in total. The highest BCUT2D eigenvalue weighted by Crippen LogP contribution is 2.34. The number of rotatable bonds is 6. The molecule has 1 fully saturated rings. The van der Waals surface area contributed by atoms with Crippen molar-refractivity contribution in [1.82, 2.24) is 9.78 Å². The van der Waals surface area contributed by atoms with Gasteiger partial charge in [-0.05, 0) is 48.7 Å². The van der Waals surface area contributed by atoms with Gasteiger partial charge in [0.2, 0.25) is 0 Å². The van der Waals surface area contributed by atoms with E-state index in [1.54, 1.807) is 0 Å². The highest BCUT2D eigenvalue weighted by molar-refractivity contribution is 5.72. The second-order valence-electron chi connectivity index (χ2n) is 7.13. The molecule has 4 heteroatoms. The van der Waals surface area contributed by atoms with Crippen LogP contribution >= 0.6 is 0 Å². The molecule has 2 aromatic carbocycles. The molecule has 138 valence electrons. The maximum atomic E-state index is 11.3. The molecule has 1 aliphatic carbocycles. The number of nitrogens with zero attached hydrogens (tertiary/aromatic N) is 2. The summed E-state index contributed by atoms with van der Waals surface area (Å²) in [7, 11) is 0. The summed E-state index contributed by atoms with van der Waals surface area (Å²) in [5.74, 6) is 1.30. The fourth-order valence-corrected chi connectivity index (χ4v) is 3.79. The van der Waals surface area contributed by atoms with E-state index in [1.807, 2.05) is 53.2 Å². The minimum atomic E-state index is 0.481. The molecule has 0 saturated heterocycles. The first-order valence-corrected chi connectivity index (χ1v) is 9.66. The summed E-state index contributed by atoms with van der Waals surface area (Å²) in [5.41, 5.74) is 3.76. The summed E-state index contributed by atoms with van der Waals surface area (Å²) in [5, 5.41) is 4.51. The normalized spacial score (nSPS) is 14.8. The first-order chi connectivity index (χ1) is 13.3. The van der Waals surface area contributed by atoms with Crippen LogP contribution in [0.3, 0.4) is 0 Å². The van der Waals surface area contributed by atoms with E-state index < -0.39 is 0 Å². The van der Waals surface area contributed by atoms with Crippen molar-refractivity contribution in [3.63, 3.8) is 0 Å². The van der Waals surface area contributed by atoms with Gasteiger partial charge in [-0.15, -0.1) is 0 Å². The maximum Gasteiger partial charge on any atom is 0.170 e. The Labute approximate surface area is 159 Å². The van der Waals surface area contributed by atoms with Crippen LogP contribution in [0.1, 0.15) is 59.8 Å². The van der Waals surface area contributed by atoms with Crippen LogP contribution in [0.25, 0.3) is 5.69 Å². The largest absolute Gasteiger partial charge is 0.489 e. The number of aromatic nitrogens is 2. The summed E-state index contributed by atoms with van der Waals surface area (Å²) in [6, 6.07) is 20.0. The molecule has 0 spiro atoms. The van der Waals surface area contributed by atoms with Gasteiger partial charge in [0.25, 0.3) is 0 Å². The SMILES string of the molecule is O=Cc1cc(C2CCCCC2)n(-c2ccc(OCc3ccccc3)cc2)n1. The molecule has 0 atom stereocenters. The number of aldehydes is 1. The Balaban J connectivity index is 1.53. The zero-order valence-electron chi connectivity index (χ0n) is 15.4. The van der Waals surface area contributed by atoms with Crippen LogP contribution in [0.2, 0.25) is 0 Å². The van der Waals surface area contributed by atoms with Gasteiger partial charge in [0.05, 0.1) is 5.69 Å². The molecule has 0 radical (unpaired) electrons. The second kappa shape index (κ2) is 8.21. The Kier molecular flexibility index (Phi) is 5.33. The number of hydrogen-bond donors (Lipinski definition) is 0. The molecule has 1 heterocycles. The van der Waals surface area contributed by atoms with Gasteiger partial charge >= 0.3 is 0 Å². The van der Waals surface area contributed by atoms with Gasteiger partial charge in [0, 0.05) is 11.6 Å². The Hall–Kier alpha value is -2.88. The lowest BCUT2D eigenvalue weighted by Crippen LogP contribution is -2.11. The number of hydrogen-bond acceptors (Lipinski definition) is 3. The molecule has 0 bridgehead atoms. The molecule has 1 saturated carbocycles. The van der Waals surface area contributed by atoms with Crippen molar-refractivity contribution in [1.29, 1.82) is 0 Å². The average Bonchev–Trinajstić information content (AvgIpc) is 3.19. The first kappa shape index (κ1) is 17.5. The zero-order valence-corrected chi connectivity index (χ0v) is 15.4. The molecule has 4 nitrogen and oxygen atoms in total. The third-order valence-corrected chi connectivity index (χ3v) is 5.23. The van der Waals surface area contributed by atoms with E-state index in [1.165, 1.54) is 32.1 Å². The molecular weight excluding hydrogens is 336 g/mol. The lowest BCUT2D eigenvalue weighted by atomic mass is 9.87. The summed E-state index contributed by atoms with van der Waals surface area (Å²) in [4.78, 5) is 11.3. The van der Waals surface area contributed by atoms with E-state index in [4.69, 9.17) is 4.74 Å². The highest BCUT2D eigenvalue weighted by atomic mass is 16.5. The lowest BCUT2D eigenvalue weighted by Gasteiger charge is -2.22. The standard InChI is InChI=1S/C23H24N2O2/c26-16-20-15-23(19-9-5-2-6-10-19)25(24-20)21-11-13-22(14-12-21)27-17-18-7-3-1-4-8-18/h1,3-4,7-8,11-16,19H,2,5-6,9-10,17H2. The van der Waals surface area contributed by atoms with Crippen LogP contribution < -0.4 is 4.74 Å². The van der Waals surface area contributed by atoms with Gasteiger partial charge in [0.1, 0.15) is 18.1 Å². The third-order valence-electron chi connectivity index (χ3n) is 5.23. The Bertz CT molecular complexity index is 879. The van der Waals surface area contributed by atoms with E-state index in [9.17, 15) is 4.79 Å². The predicted molar refractivity (Wildman–Crippen MR) is 106 cm³/mol. The van der Waals surface area contributed by atoms with Gasteiger partial charge in [-0.2, -0.15) is 5.10 Å². The molecule has 0 unspecified atom stereocenters. The lowest BCUT2D eigenvalue weighted by molar-refractivity contribution is 0.111. The van der Waals surface area contributed by atoms with Crippen LogP contribution in [0.4, 0.5) is 0 Å². The topological polar surface area (TPSA) is 44.1 Å². The number of benzene rings is 2. The highest BCUT2D eigenvalue weighted by Gasteiger charge is 2.21. The van der Waals surface area contributed by atoms with Gasteiger partial charge in [-0.25, -0.2) is 4.68 Å². The first-order valence-electron chi connectivity index (χ1n) is 9.66. The summed E-state index contributed by atoms with van der Waals surface area (Å²) in [6.07, 6.45) is 6.97. The number of carbonyl (C=O) groups excluding carboxylic acids is 1. The second-order valence-corrected chi connectivity index (χ2v) is 7.13. The molecular formula is C23H24N2O2. The van der Waals surface area contributed by atoms with Crippen molar-refractivity contribution in [3.05, 3.63) is 77.6 Å². The van der Waals surface area contributed by atoms with Crippen LogP contribution in [0.15, 0.2) is 60.7 Å². The van der Waals surface area contributed by atoms with Crippen molar-refractivity contribution in [2.45, 2.75) is 44.6 Å². The zero-order chi connectivity index (χ0) is 18.5. The Morgan fingerprint density at radius 2 is 1.74 bits per heavy atom. The van der Waals surface area contributed by atoms with Crippen LogP contribution in [-0.4, -0.2) is 16.1 Å². The van der Waals surface area contributed by atoms with Crippen LogP contribution in [0.5, 0.6) is 5.75 Å².